The zero-order valence-corrected chi connectivity index (χ0v) is 11.6. The average molecular weight is 310 g/mol. The molecule has 0 saturated heterocycles. The van der Waals surface area contributed by atoms with Crippen molar-refractivity contribution >= 4 is 33.2 Å². The fraction of sp³-hybridized carbons (Fsp3) is 0.154. The van der Waals surface area contributed by atoms with E-state index in [1.807, 2.05) is 41.8 Å². The maximum Gasteiger partial charge on any atom is 0.224 e. The monoisotopic (exact) mass is 309 g/mol. The molecule has 0 fully saturated rings. The van der Waals surface area contributed by atoms with Crippen molar-refractivity contribution in [3.8, 4) is 0 Å². The van der Waals surface area contributed by atoms with Gasteiger partial charge in [-0.3, -0.25) is 4.79 Å². The molecule has 88 valence electrons. The Kier molecular flexibility index (Phi) is 4.34. The van der Waals surface area contributed by atoms with Gasteiger partial charge in [0.05, 0.1) is 13.0 Å². The lowest BCUT2D eigenvalue weighted by Crippen LogP contribution is -2.24. The summed E-state index contributed by atoms with van der Waals surface area (Å²) in [5.41, 5.74) is 1.04. The van der Waals surface area contributed by atoms with E-state index in [1.54, 1.807) is 11.3 Å². The minimum absolute atomic E-state index is 0.0562. The van der Waals surface area contributed by atoms with Crippen LogP contribution in [0.4, 0.5) is 0 Å². The first-order chi connectivity index (χ1) is 8.24. The van der Waals surface area contributed by atoms with Crippen LogP contribution in [0, 0.1) is 0 Å². The molecule has 2 aromatic rings. The second-order valence-electron chi connectivity index (χ2n) is 3.67. The molecule has 0 aliphatic rings. The number of amides is 1. The standard InChI is InChI=1S/C13H12BrNOS/c14-11-7-12(17-9-11)8-15-13(16)6-10-4-2-1-3-5-10/h1-5,7,9H,6,8H2,(H,15,16). The molecule has 4 heteroatoms. The summed E-state index contributed by atoms with van der Waals surface area (Å²) in [5.74, 6) is 0.0562. The maximum atomic E-state index is 11.7. The van der Waals surface area contributed by atoms with Crippen molar-refractivity contribution in [1.82, 2.24) is 5.32 Å². The molecule has 1 aromatic heterocycles. The van der Waals surface area contributed by atoms with Gasteiger partial charge in [0.15, 0.2) is 0 Å². The third-order valence-corrected chi connectivity index (χ3v) is 3.99. The summed E-state index contributed by atoms with van der Waals surface area (Å²) in [6.07, 6.45) is 0.438. The minimum Gasteiger partial charge on any atom is -0.351 e. The Hall–Kier alpha value is -1.13. The third kappa shape index (κ3) is 3.98. The molecule has 2 rings (SSSR count). The first kappa shape index (κ1) is 12.3. The van der Waals surface area contributed by atoms with Crippen LogP contribution in [0.25, 0.3) is 0 Å². The largest absolute Gasteiger partial charge is 0.351 e. The van der Waals surface area contributed by atoms with E-state index < -0.39 is 0 Å². The summed E-state index contributed by atoms with van der Waals surface area (Å²) in [7, 11) is 0. The van der Waals surface area contributed by atoms with Gasteiger partial charge in [-0.05, 0) is 27.6 Å². The quantitative estimate of drug-likeness (QED) is 0.922. The fourth-order valence-corrected chi connectivity index (χ4v) is 2.87. The van der Waals surface area contributed by atoms with Crippen LogP contribution in [0.3, 0.4) is 0 Å². The Morgan fingerprint density at radius 1 is 1.29 bits per heavy atom. The van der Waals surface area contributed by atoms with E-state index in [9.17, 15) is 4.79 Å². The maximum absolute atomic E-state index is 11.7. The molecule has 0 bridgehead atoms. The first-order valence-electron chi connectivity index (χ1n) is 5.27. The predicted molar refractivity (Wildman–Crippen MR) is 74.0 cm³/mol. The summed E-state index contributed by atoms with van der Waals surface area (Å²) in [6, 6.07) is 11.8. The van der Waals surface area contributed by atoms with Gasteiger partial charge in [0.1, 0.15) is 0 Å². The summed E-state index contributed by atoms with van der Waals surface area (Å²) >= 11 is 5.03. The molecule has 0 aliphatic carbocycles. The molecule has 0 atom stereocenters. The predicted octanol–water partition coefficient (Wildman–Crippen LogP) is 3.37. The third-order valence-electron chi connectivity index (χ3n) is 2.29. The lowest BCUT2D eigenvalue weighted by Gasteiger charge is -2.03. The van der Waals surface area contributed by atoms with Crippen molar-refractivity contribution < 1.29 is 4.79 Å². The summed E-state index contributed by atoms with van der Waals surface area (Å²) in [6.45, 7) is 0.599. The number of hydrogen-bond acceptors (Lipinski definition) is 2. The number of nitrogens with one attached hydrogen (secondary N) is 1. The molecule has 1 aromatic carbocycles. The van der Waals surface area contributed by atoms with E-state index in [2.05, 4.69) is 21.2 Å². The smallest absolute Gasteiger partial charge is 0.224 e. The summed E-state index contributed by atoms with van der Waals surface area (Å²) in [5, 5.41) is 4.92. The highest BCUT2D eigenvalue weighted by atomic mass is 79.9. The first-order valence-corrected chi connectivity index (χ1v) is 6.95. The Morgan fingerprint density at radius 2 is 2.06 bits per heavy atom. The zero-order chi connectivity index (χ0) is 12.1. The number of thiophene rings is 1. The number of carbonyl (C=O) groups is 1. The van der Waals surface area contributed by atoms with Gasteiger partial charge in [0.2, 0.25) is 5.91 Å². The van der Waals surface area contributed by atoms with Gasteiger partial charge in [0, 0.05) is 14.7 Å². The average Bonchev–Trinajstić information content (AvgIpc) is 2.74. The second kappa shape index (κ2) is 5.98. The van der Waals surface area contributed by atoms with Crippen molar-refractivity contribution in [3.05, 3.63) is 56.7 Å². The van der Waals surface area contributed by atoms with E-state index in [4.69, 9.17) is 0 Å². The van der Waals surface area contributed by atoms with Crippen LogP contribution in [-0.2, 0) is 17.8 Å². The SMILES string of the molecule is O=C(Cc1ccccc1)NCc1cc(Br)cs1. The Labute approximate surface area is 113 Å². The number of halogens is 1. The van der Waals surface area contributed by atoms with Gasteiger partial charge >= 0.3 is 0 Å². The van der Waals surface area contributed by atoms with Crippen molar-refractivity contribution in [1.29, 1.82) is 0 Å². The molecule has 0 aliphatic heterocycles. The number of carbonyl (C=O) groups excluding carboxylic acids is 1. The Bertz CT molecular complexity index is 495. The molecule has 17 heavy (non-hydrogen) atoms. The normalized spacial score (nSPS) is 10.2. The lowest BCUT2D eigenvalue weighted by molar-refractivity contribution is -0.120. The second-order valence-corrected chi connectivity index (χ2v) is 5.58. The van der Waals surface area contributed by atoms with Crippen LogP contribution >= 0.6 is 27.3 Å². The van der Waals surface area contributed by atoms with Crippen LogP contribution in [0.5, 0.6) is 0 Å². The summed E-state index contributed by atoms with van der Waals surface area (Å²) in [4.78, 5) is 12.8. The van der Waals surface area contributed by atoms with Gasteiger partial charge in [-0.15, -0.1) is 11.3 Å². The molecule has 1 N–H and O–H groups in total. The molecule has 1 amide bonds. The molecule has 0 saturated carbocycles. The molecule has 2 nitrogen and oxygen atoms in total. The van der Waals surface area contributed by atoms with Gasteiger partial charge in [0.25, 0.3) is 0 Å². The van der Waals surface area contributed by atoms with E-state index in [0.717, 1.165) is 14.9 Å². The van der Waals surface area contributed by atoms with Gasteiger partial charge in [-0.25, -0.2) is 0 Å². The van der Waals surface area contributed by atoms with Crippen molar-refractivity contribution in [2.24, 2.45) is 0 Å². The van der Waals surface area contributed by atoms with Crippen molar-refractivity contribution in [3.63, 3.8) is 0 Å². The van der Waals surface area contributed by atoms with Gasteiger partial charge < -0.3 is 5.32 Å². The van der Waals surface area contributed by atoms with Crippen molar-refractivity contribution in [2.75, 3.05) is 0 Å². The zero-order valence-electron chi connectivity index (χ0n) is 9.15. The van der Waals surface area contributed by atoms with Gasteiger partial charge in [-0.2, -0.15) is 0 Å². The molecular weight excluding hydrogens is 298 g/mol. The fourth-order valence-electron chi connectivity index (χ4n) is 1.48. The van der Waals surface area contributed by atoms with Crippen molar-refractivity contribution in [2.45, 2.75) is 13.0 Å². The summed E-state index contributed by atoms with van der Waals surface area (Å²) < 4.78 is 1.06. The van der Waals surface area contributed by atoms with Crippen LogP contribution < -0.4 is 5.32 Å². The topological polar surface area (TPSA) is 29.1 Å². The number of hydrogen-bond donors (Lipinski definition) is 1. The highest BCUT2D eigenvalue weighted by Crippen LogP contribution is 2.19. The minimum atomic E-state index is 0.0562. The van der Waals surface area contributed by atoms with Crippen LogP contribution in [-0.4, -0.2) is 5.91 Å². The number of rotatable bonds is 4. The number of benzene rings is 1. The highest BCUT2D eigenvalue weighted by Gasteiger charge is 2.03. The van der Waals surface area contributed by atoms with E-state index in [-0.39, 0.29) is 5.91 Å². The van der Waals surface area contributed by atoms with E-state index in [1.165, 1.54) is 0 Å². The molecule has 0 unspecified atom stereocenters. The van der Waals surface area contributed by atoms with Gasteiger partial charge in [-0.1, -0.05) is 30.3 Å². The molecule has 0 radical (unpaired) electrons. The Balaban J connectivity index is 1.82. The molecule has 1 heterocycles. The molecule has 0 spiro atoms. The molecular formula is C13H12BrNOS. The lowest BCUT2D eigenvalue weighted by atomic mass is 10.1. The Morgan fingerprint density at radius 3 is 2.71 bits per heavy atom. The van der Waals surface area contributed by atoms with Crippen LogP contribution in [0.2, 0.25) is 0 Å². The van der Waals surface area contributed by atoms with E-state index >= 15 is 0 Å². The van der Waals surface area contributed by atoms with E-state index in [0.29, 0.717) is 13.0 Å². The highest BCUT2D eigenvalue weighted by molar-refractivity contribution is 9.10. The van der Waals surface area contributed by atoms with Crippen LogP contribution in [0.1, 0.15) is 10.4 Å². The van der Waals surface area contributed by atoms with Crippen LogP contribution in [0.15, 0.2) is 46.3 Å².